The Morgan fingerprint density at radius 2 is 1.47 bits per heavy atom. The lowest BCUT2D eigenvalue weighted by Gasteiger charge is -2.34. The van der Waals surface area contributed by atoms with Crippen molar-refractivity contribution < 1.29 is 28.6 Å². The smallest absolute Gasteiger partial charge is 0.337 e. The van der Waals surface area contributed by atoms with Crippen molar-refractivity contribution in [3.05, 3.63) is 52.3 Å². The molecule has 0 radical (unpaired) electrons. The minimum Gasteiger partial charge on any atom is -0.465 e. The van der Waals surface area contributed by atoms with Crippen molar-refractivity contribution in [1.29, 1.82) is 0 Å². The zero-order valence-corrected chi connectivity index (χ0v) is 19.4. The number of Topliss-reactive ketones (excluding diaryl/α,β-unsaturated/α-hetero) is 1. The van der Waals surface area contributed by atoms with E-state index in [4.69, 9.17) is 14.2 Å². The van der Waals surface area contributed by atoms with Crippen LogP contribution in [0.4, 0.5) is 0 Å². The summed E-state index contributed by atoms with van der Waals surface area (Å²) in [5.41, 5.74) is 3.18. The molecule has 0 N–H and O–H groups in total. The Labute approximate surface area is 188 Å². The van der Waals surface area contributed by atoms with E-state index in [2.05, 4.69) is 4.90 Å². The summed E-state index contributed by atoms with van der Waals surface area (Å²) >= 11 is 0. The molecule has 2 aromatic rings. The lowest BCUT2D eigenvalue weighted by atomic mass is 10.1. The maximum Gasteiger partial charge on any atom is 0.337 e. The van der Waals surface area contributed by atoms with E-state index in [1.54, 1.807) is 12.1 Å². The van der Waals surface area contributed by atoms with Crippen LogP contribution >= 0.6 is 0 Å². The van der Waals surface area contributed by atoms with Gasteiger partial charge in [-0.1, -0.05) is 0 Å². The molecule has 1 aromatic carbocycles. The Morgan fingerprint density at radius 1 is 0.938 bits per heavy atom. The second kappa shape index (κ2) is 9.67. The molecule has 2 atom stereocenters. The summed E-state index contributed by atoms with van der Waals surface area (Å²) < 4.78 is 17.3. The van der Waals surface area contributed by atoms with Crippen molar-refractivity contribution in [3.8, 4) is 5.69 Å². The molecule has 1 aliphatic heterocycles. The first-order valence-corrected chi connectivity index (χ1v) is 10.6. The molecule has 0 bridgehead atoms. The molecule has 0 amide bonds. The predicted octanol–water partition coefficient (Wildman–Crippen LogP) is 2.96. The van der Waals surface area contributed by atoms with E-state index in [-0.39, 0.29) is 29.1 Å². The van der Waals surface area contributed by atoms with Gasteiger partial charge in [0, 0.05) is 35.7 Å². The SMILES string of the molecule is COC(=O)c1cc(C(=O)OC)cc(-n2c(C)cc(C(=O)CN3CC(C)OC(C)C3)c2C)c1. The van der Waals surface area contributed by atoms with E-state index < -0.39 is 11.9 Å². The maximum absolute atomic E-state index is 13.1. The van der Waals surface area contributed by atoms with Gasteiger partial charge in [0.25, 0.3) is 0 Å². The van der Waals surface area contributed by atoms with Crippen LogP contribution in [0.5, 0.6) is 0 Å². The summed E-state index contributed by atoms with van der Waals surface area (Å²) in [4.78, 5) is 39.6. The Bertz CT molecular complexity index is 997. The zero-order valence-electron chi connectivity index (χ0n) is 19.4. The van der Waals surface area contributed by atoms with Gasteiger partial charge < -0.3 is 18.8 Å². The third-order valence-corrected chi connectivity index (χ3v) is 5.61. The number of benzene rings is 1. The third-order valence-electron chi connectivity index (χ3n) is 5.61. The number of ether oxygens (including phenoxy) is 3. The zero-order chi connectivity index (χ0) is 23.6. The number of morpholine rings is 1. The average Bonchev–Trinajstić information content (AvgIpc) is 3.05. The van der Waals surface area contributed by atoms with Gasteiger partial charge >= 0.3 is 11.9 Å². The average molecular weight is 443 g/mol. The second-order valence-electron chi connectivity index (χ2n) is 8.25. The van der Waals surface area contributed by atoms with Gasteiger partial charge in [-0.25, -0.2) is 9.59 Å². The van der Waals surface area contributed by atoms with Gasteiger partial charge in [-0.3, -0.25) is 9.69 Å². The van der Waals surface area contributed by atoms with Crippen LogP contribution in [0.15, 0.2) is 24.3 Å². The molecular weight excluding hydrogens is 412 g/mol. The van der Waals surface area contributed by atoms with E-state index >= 15 is 0 Å². The van der Waals surface area contributed by atoms with Crippen LogP contribution < -0.4 is 0 Å². The first-order chi connectivity index (χ1) is 15.1. The summed E-state index contributed by atoms with van der Waals surface area (Å²) in [5, 5.41) is 0. The highest BCUT2D eigenvalue weighted by Gasteiger charge is 2.26. The largest absolute Gasteiger partial charge is 0.465 e. The van der Waals surface area contributed by atoms with E-state index in [0.717, 1.165) is 11.4 Å². The van der Waals surface area contributed by atoms with E-state index in [1.165, 1.54) is 20.3 Å². The summed E-state index contributed by atoms with van der Waals surface area (Å²) in [6.07, 6.45) is 0.161. The molecule has 8 nitrogen and oxygen atoms in total. The Morgan fingerprint density at radius 3 is 1.97 bits per heavy atom. The first kappa shape index (κ1) is 23.7. The van der Waals surface area contributed by atoms with Crippen LogP contribution in [0, 0.1) is 13.8 Å². The third kappa shape index (κ3) is 4.92. The number of ketones is 1. The number of rotatable bonds is 6. The van der Waals surface area contributed by atoms with E-state index in [9.17, 15) is 14.4 Å². The summed E-state index contributed by atoms with van der Waals surface area (Å²) in [6, 6.07) is 6.55. The number of carbonyl (C=O) groups excluding carboxylic acids is 3. The van der Waals surface area contributed by atoms with Crippen LogP contribution in [0.25, 0.3) is 5.69 Å². The highest BCUT2D eigenvalue weighted by atomic mass is 16.5. The Kier molecular flexibility index (Phi) is 7.16. The predicted molar refractivity (Wildman–Crippen MR) is 119 cm³/mol. The van der Waals surface area contributed by atoms with E-state index in [1.807, 2.05) is 38.3 Å². The topological polar surface area (TPSA) is 87.1 Å². The fraction of sp³-hybridized carbons (Fsp3) is 0.458. The number of methoxy groups -OCH3 is 2. The number of hydrogen-bond donors (Lipinski definition) is 0. The number of aryl methyl sites for hydroxylation is 1. The molecule has 1 aromatic heterocycles. The van der Waals surface area contributed by atoms with Crippen molar-refractivity contribution in [2.24, 2.45) is 0 Å². The van der Waals surface area contributed by atoms with Crippen molar-refractivity contribution in [2.45, 2.75) is 39.9 Å². The van der Waals surface area contributed by atoms with Crippen molar-refractivity contribution >= 4 is 17.7 Å². The van der Waals surface area contributed by atoms with Gasteiger partial charge in [-0.15, -0.1) is 0 Å². The number of nitrogens with zero attached hydrogens (tertiary/aromatic N) is 2. The van der Waals surface area contributed by atoms with Gasteiger partial charge in [0.05, 0.1) is 44.1 Å². The van der Waals surface area contributed by atoms with Crippen LogP contribution in [-0.4, -0.2) is 73.3 Å². The molecule has 2 heterocycles. The molecule has 172 valence electrons. The number of carbonyl (C=O) groups is 3. The molecule has 3 rings (SSSR count). The maximum atomic E-state index is 13.1. The second-order valence-corrected chi connectivity index (χ2v) is 8.25. The molecule has 32 heavy (non-hydrogen) atoms. The normalized spacial score (nSPS) is 18.9. The van der Waals surface area contributed by atoms with Crippen LogP contribution in [-0.2, 0) is 14.2 Å². The Hall–Kier alpha value is -2.97. The summed E-state index contributed by atoms with van der Waals surface area (Å²) in [6.45, 7) is 9.46. The van der Waals surface area contributed by atoms with Crippen LogP contribution in [0.2, 0.25) is 0 Å². The molecule has 1 saturated heterocycles. The summed E-state index contributed by atoms with van der Waals surface area (Å²) in [5.74, 6) is -1.11. The molecule has 1 fully saturated rings. The van der Waals surface area contributed by atoms with Crippen LogP contribution in [0.1, 0.15) is 56.3 Å². The van der Waals surface area contributed by atoms with Gasteiger partial charge in [0.15, 0.2) is 5.78 Å². The van der Waals surface area contributed by atoms with Gasteiger partial charge in [0.2, 0.25) is 0 Å². The first-order valence-electron chi connectivity index (χ1n) is 10.6. The molecule has 0 aliphatic carbocycles. The van der Waals surface area contributed by atoms with Gasteiger partial charge in [-0.2, -0.15) is 0 Å². The minimum atomic E-state index is -0.564. The minimum absolute atomic E-state index is 0.0166. The summed E-state index contributed by atoms with van der Waals surface area (Å²) in [7, 11) is 2.56. The highest BCUT2D eigenvalue weighted by Crippen LogP contribution is 2.25. The number of hydrogen-bond acceptors (Lipinski definition) is 7. The van der Waals surface area contributed by atoms with Gasteiger partial charge in [0.1, 0.15) is 0 Å². The number of aromatic nitrogens is 1. The van der Waals surface area contributed by atoms with Gasteiger partial charge in [-0.05, 0) is 52.0 Å². The molecule has 0 spiro atoms. The lowest BCUT2D eigenvalue weighted by Crippen LogP contribution is -2.47. The van der Waals surface area contributed by atoms with Crippen molar-refractivity contribution in [1.82, 2.24) is 9.47 Å². The van der Waals surface area contributed by atoms with Crippen LogP contribution in [0.3, 0.4) is 0 Å². The Balaban J connectivity index is 1.97. The van der Waals surface area contributed by atoms with E-state index in [0.29, 0.717) is 30.9 Å². The van der Waals surface area contributed by atoms with Crippen molar-refractivity contribution in [3.63, 3.8) is 0 Å². The molecule has 1 aliphatic rings. The van der Waals surface area contributed by atoms with Crippen molar-refractivity contribution in [2.75, 3.05) is 33.9 Å². The monoisotopic (exact) mass is 442 g/mol. The quantitative estimate of drug-likeness (QED) is 0.502. The molecule has 0 saturated carbocycles. The lowest BCUT2D eigenvalue weighted by molar-refractivity contribution is -0.0652. The highest BCUT2D eigenvalue weighted by molar-refractivity contribution is 5.99. The fourth-order valence-corrected chi connectivity index (χ4v) is 4.36. The molecule has 2 unspecified atom stereocenters. The fourth-order valence-electron chi connectivity index (χ4n) is 4.36. The number of esters is 2. The standard InChI is InChI=1S/C24H30N2O6/c1-14-7-21(22(27)13-25-11-15(2)32-16(3)12-25)17(4)26(14)20-9-18(23(28)30-5)8-19(10-20)24(29)31-6/h7-10,15-16H,11-13H2,1-6H3. The molecule has 8 heteroatoms. The molecular formula is C24H30N2O6.